The summed E-state index contributed by atoms with van der Waals surface area (Å²) in [6.07, 6.45) is 1.87. The number of hydrogen-bond donors (Lipinski definition) is 2. The molecule has 6 heterocycles. The highest BCUT2D eigenvalue weighted by molar-refractivity contribution is 7.59. The SMILES string of the molecule is Cc1cc(-c2ccc(C(=O)Nc3cc4oc(N5CCOCC5)nc4nc3N3CC[C@H](O)C3)o2)ccn1.S. The third-order valence-electron chi connectivity index (χ3n) is 6.35. The molecule has 2 N–H and O–H groups in total. The maximum Gasteiger partial charge on any atom is 0.300 e. The number of carbonyl (C=O) groups excluding carboxylic acids is 1. The highest BCUT2D eigenvalue weighted by Gasteiger charge is 2.27. The maximum absolute atomic E-state index is 13.2. The van der Waals surface area contributed by atoms with Gasteiger partial charge in [0.2, 0.25) is 5.65 Å². The number of β-amino-alcohol motifs (C(OH)–C–C–N with tert-alkyl or cyclic N) is 1. The van der Waals surface area contributed by atoms with Crippen molar-refractivity contribution in [3.8, 4) is 11.3 Å². The summed E-state index contributed by atoms with van der Waals surface area (Å²) in [5.41, 5.74) is 3.06. The zero-order valence-corrected chi connectivity index (χ0v) is 21.3. The third-order valence-corrected chi connectivity index (χ3v) is 6.35. The van der Waals surface area contributed by atoms with Gasteiger partial charge in [-0.3, -0.25) is 9.78 Å². The Balaban J connectivity index is 0.00000280. The lowest BCUT2D eigenvalue weighted by molar-refractivity contribution is 0.0997. The minimum Gasteiger partial charge on any atom is -0.451 e. The number of aromatic nitrogens is 3. The Bertz CT molecular complexity index is 1420. The van der Waals surface area contributed by atoms with Crippen molar-refractivity contribution >= 4 is 48.2 Å². The van der Waals surface area contributed by atoms with E-state index < -0.39 is 12.0 Å². The van der Waals surface area contributed by atoms with Crippen molar-refractivity contribution in [1.82, 2.24) is 15.0 Å². The summed E-state index contributed by atoms with van der Waals surface area (Å²) in [5.74, 6) is 0.860. The van der Waals surface area contributed by atoms with E-state index in [9.17, 15) is 9.90 Å². The second-order valence-electron chi connectivity index (χ2n) is 8.97. The first-order valence-corrected chi connectivity index (χ1v) is 11.9. The van der Waals surface area contributed by atoms with Crippen LogP contribution in [0.15, 0.2) is 45.4 Å². The van der Waals surface area contributed by atoms with Crippen molar-refractivity contribution in [3.05, 3.63) is 48.0 Å². The van der Waals surface area contributed by atoms with Crippen LogP contribution in [-0.4, -0.2) is 71.5 Å². The number of carbonyl (C=O) groups is 1. The van der Waals surface area contributed by atoms with Crippen LogP contribution in [0.25, 0.3) is 22.6 Å². The normalized spacial score (nSPS) is 17.7. The second kappa shape index (κ2) is 10.4. The van der Waals surface area contributed by atoms with Gasteiger partial charge in [0.05, 0.1) is 25.0 Å². The minimum atomic E-state index is -0.455. The minimum absolute atomic E-state index is 0. The van der Waals surface area contributed by atoms with Gasteiger partial charge in [-0.1, -0.05) is 0 Å². The molecule has 37 heavy (non-hydrogen) atoms. The molecule has 0 aliphatic carbocycles. The lowest BCUT2D eigenvalue weighted by atomic mass is 10.2. The van der Waals surface area contributed by atoms with E-state index >= 15 is 0 Å². The molecule has 1 amide bonds. The molecule has 0 spiro atoms. The Labute approximate surface area is 219 Å². The molecule has 12 heteroatoms. The van der Waals surface area contributed by atoms with Crippen molar-refractivity contribution in [2.24, 2.45) is 0 Å². The van der Waals surface area contributed by atoms with Gasteiger partial charge >= 0.3 is 0 Å². The van der Waals surface area contributed by atoms with Crippen LogP contribution in [0, 0.1) is 6.92 Å². The second-order valence-corrected chi connectivity index (χ2v) is 8.97. The average Bonchev–Trinajstić information content (AvgIpc) is 3.63. The number of aliphatic hydroxyl groups is 1. The molecule has 1 atom stereocenters. The molecule has 4 aromatic heterocycles. The number of oxazole rings is 1. The topological polar surface area (TPSA) is 130 Å². The van der Waals surface area contributed by atoms with Crippen LogP contribution in [-0.2, 0) is 4.74 Å². The predicted molar refractivity (Wildman–Crippen MR) is 143 cm³/mol. The Hall–Kier alpha value is -3.61. The molecular formula is C25H28N6O5S. The third kappa shape index (κ3) is 5.13. The first kappa shape index (κ1) is 25.1. The quantitative estimate of drug-likeness (QED) is 0.402. The molecule has 11 nitrogen and oxygen atoms in total. The van der Waals surface area contributed by atoms with Crippen molar-refractivity contribution in [3.63, 3.8) is 0 Å². The monoisotopic (exact) mass is 524 g/mol. The molecular weight excluding hydrogens is 496 g/mol. The predicted octanol–water partition coefficient (Wildman–Crippen LogP) is 2.96. The number of rotatable bonds is 5. The highest BCUT2D eigenvalue weighted by Crippen LogP contribution is 2.33. The number of pyridine rings is 2. The summed E-state index contributed by atoms with van der Waals surface area (Å²) < 4.78 is 17.3. The van der Waals surface area contributed by atoms with Crippen LogP contribution in [0.5, 0.6) is 0 Å². The number of amides is 1. The first-order chi connectivity index (χ1) is 17.5. The van der Waals surface area contributed by atoms with Gasteiger partial charge in [-0.05, 0) is 37.6 Å². The number of morpholine rings is 1. The van der Waals surface area contributed by atoms with Gasteiger partial charge < -0.3 is 33.8 Å². The van der Waals surface area contributed by atoms with Crippen molar-refractivity contribution in [1.29, 1.82) is 0 Å². The molecule has 0 aromatic carbocycles. The van der Waals surface area contributed by atoms with Gasteiger partial charge in [0, 0.05) is 49.7 Å². The molecule has 194 valence electrons. The number of nitrogens with zero attached hydrogens (tertiary/aromatic N) is 5. The lowest BCUT2D eigenvalue weighted by Gasteiger charge is -2.24. The number of aliphatic hydroxyl groups excluding tert-OH is 1. The van der Waals surface area contributed by atoms with Gasteiger partial charge in [-0.15, -0.1) is 0 Å². The fourth-order valence-electron chi connectivity index (χ4n) is 4.50. The van der Waals surface area contributed by atoms with Gasteiger partial charge in [0.15, 0.2) is 17.2 Å². The maximum atomic E-state index is 13.2. The molecule has 0 radical (unpaired) electrons. The van der Waals surface area contributed by atoms with E-state index in [0.717, 1.165) is 11.3 Å². The zero-order chi connectivity index (χ0) is 24.6. The number of nitrogens with one attached hydrogen (secondary N) is 1. The van der Waals surface area contributed by atoms with Gasteiger partial charge in [0.25, 0.3) is 11.9 Å². The fraction of sp³-hybridized carbons (Fsp3) is 0.360. The Morgan fingerprint density at radius 1 is 1.08 bits per heavy atom. The zero-order valence-electron chi connectivity index (χ0n) is 20.3. The molecule has 4 aromatic rings. The standard InChI is InChI=1S/C25H26N6O5.H2S/c1-15-12-16(4-6-26-15)19-2-3-20(35-19)24(33)27-18-13-21-22(28-23(18)31-7-5-17(32)14-31)29-25(36-21)30-8-10-34-11-9-30;/h2-4,6,12-13,17,32H,5,7-11,14H2,1H3,(H,27,33);1H2/t17-;/m0./s1. The molecule has 2 fully saturated rings. The van der Waals surface area contributed by atoms with Crippen molar-refractivity contribution < 1.29 is 23.5 Å². The van der Waals surface area contributed by atoms with E-state index in [1.807, 2.05) is 28.9 Å². The summed E-state index contributed by atoms with van der Waals surface area (Å²) in [7, 11) is 0. The van der Waals surface area contributed by atoms with Gasteiger partial charge in [-0.25, -0.2) is 4.98 Å². The van der Waals surface area contributed by atoms with Crippen LogP contribution in [0.2, 0.25) is 0 Å². The van der Waals surface area contributed by atoms with E-state index in [1.54, 1.807) is 24.4 Å². The van der Waals surface area contributed by atoms with E-state index in [0.29, 0.717) is 80.3 Å². The molecule has 0 unspecified atom stereocenters. The first-order valence-electron chi connectivity index (χ1n) is 11.9. The number of hydrogen-bond acceptors (Lipinski definition) is 10. The molecule has 0 saturated carbocycles. The highest BCUT2D eigenvalue weighted by atomic mass is 32.1. The van der Waals surface area contributed by atoms with E-state index in [2.05, 4.69) is 15.3 Å². The summed E-state index contributed by atoms with van der Waals surface area (Å²) in [6.45, 7) is 5.50. The number of aryl methyl sites for hydroxylation is 1. The molecule has 2 aliphatic rings. The van der Waals surface area contributed by atoms with E-state index in [1.165, 1.54) is 0 Å². The summed E-state index contributed by atoms with van der Waals surface area (Å²) in [6, 6.07) is 9.32. The van der Waals surface area contributed by atoms with E-state index in [4.69, 9.17) is 18.6 Å². The fourth-order valence-corrected chi connectivity index (χ4v) is 4.50. The Morgan fingerprint density at radius 2 is 1.92 bits per heavy atom. The summed E-state index contributed by atoms with van der Waals surface area (Å²) >= 11 is 0. The van der Waals surface area contributed by atoms with Gasteiger partial charge in [-0.2, -0.15) is 18.5 Å². The summed E-state index contributed by atoms with van der Waals surface area (Å²) in [5, 5.41) is 13.0. The average molecular weight is 525 g/mol. The molecule has 6 rings (SSSR count). The van der Waals surface area contributed by atoms with Crippen LogP contribution < -0.4 is 15.1 Å². The smallest absolute Gasteiger partial charge is 0.300 e. The van der Waals surface area contributed by atoms with Crippen LogP contribution in [0.1, 0.15) is 22.7 Å². The number of fused-ring (bicyclic) bond motifs is 1. The number of ether oxygens (including phenoxy) is 1. The van der Waals surface area contributed by atoms with Crippen molar-refractivity contribution in [2.45, 2.75) is 19.4 Å². The van der Waals surface area contributed by atoms with Crippen LogP contribution in [0.4, 0.5) is 17.5 Å². The molecule has 2 aliphatic heterocycles. The van der Waals surface area contributed by atoms with Crippen LogP contribution in [0.3, 0.4) is 0 Å². The summed E-state index contributed by atoms with van der Waals surface area (Å²) in [4.78, 5) is 30.6. The largest absolute Gasteiger partial charge is 0.451 e. The lowest BCUT2D eigenvalue weighted by Crippen LogP contribution is -2.36. The van der Waals surface area contributed by atoms with Crippen molar-refractivity contribution in [2.75, 3.05) is 54.5 Å². The van der Waals surface area contributed by atoms with Crippen LogP contribution >= 0.6 is 13.5 Å². The number of furan rings is 1. The Kier molecular flexibility index (Phi) is 7.04. The molecule has 2 saturated heterocycles. The van der Waals surface area contributed by atoms with E-state index in [-0.39, 0.29) is 19.3 Å². The number of anilines is 3. The Morgan fingerprint density at radius 3 is 2.68 bits per heavy atom. The molecule has 0 bridgehead atoms. The van der Waals surface area contributed by atoms with Gasteiger partial charge in [0.1, 0.15) is 5.76 Å².